The highest BCUT2D eigenvalue weighted by molar-refractivity contribution is 5.46. The minimum absolute atomic E-state index is 0.874. The molecule has 1 heterocycles. The zero-order valence-electron chi connectivity index (χ0n) is 10.5. The maximum absolute atomic E-state index is 5.82. The smallest absolute Gasteiger partial charge is 0.0317 e. The Labute approximate surface area is 108 Å². The Balaban J connectivity index is 1.61. The zero-order chi connectivity index (χ0) is 12.4. The maximum atomic E-state index is 5.82. The van der Waals surface area contributed by atoms with Gasteiger partial charge in [-0.05, 0) is 35.2 Å². The molecular weight excluding hydrogens is 220 g/mol. The molecule has 0 saturated carbocycles. The van der Waals surface area contributed by atoms with E-state index in [1.807, 2.05) is 6.07 Å². The lowest BCUT2D eigenvalue weighted by atomic mass is 10.1. The SMILES string of the molecule is Nc1ccc2c(c1)CN(CCc1ccccc1)C2. The van der Waals surface area contributed by atoms with E-state index >= 15 is 0 Å². The molecule has 0 atom stereocenters. The van der Waals surface area contributed by atoms with Crippen LogP contribution in [0.1, 0.15) is 16.7 Å². The van der Waals surface area contributed by atoms with Gasteiger partial charge in [0.25, 0.3) is 0 Å². The number of fused-ring (bicyclic) bond motifs is 1. The van der Waals surface area contributed by atoms with Gasteiger partial charge in [0.05, 0.1) is 0 Å². The third-order valence-corrected chi connectivity index (χ3v) is 3.58. The molecule has 2 N–H and O–H groups in total. The van der Waals surface area contributed by atoms with E-state index in [1.165, 1.54) is 16.7 Å². The van der Waals surface area contributed by atoms with Gasteiger partial charge in [-0.2, -0.15) is 0 Å². The summed E-state index contributed by atoms with van der Waals surface area (Å²) >= 11 is 0. The van der Waals surface area contributed by atoms with E-state index in [0.29, 0.717) is 0 Å². The van der Waals surface area contributed by atoms with Crippen molar-refractivity contribution in [3.8, 4) is 0 Å². The standard InChI is InChI=1S/C16H18N2/c17-16-7-6-14-11-18(12-15(14)10-16)9-8-13-4-2-1-3-5-13/h1-7,10H,8-9,11-12,17H2. The Morgan fingerprint density at radius 1 is 0.944 bits per heavy atom. The molecule has 0 unspecified atom stereocenters. The van der Waals surface area contributed by atoms with E-state index < -0.39 is 0 Å². The Hall–Kier alpha value is -1.80. The van der Waals surface area contributed by atoms with Crippen molar-refractivity contribution in [3.63, 3.8) is 0 Å². The molecule has 1 aliphatic heterocycles. The van der Waals surface area contributed by atoms with Crippen LogP contribution in [0.15, 0.2) is 48.5 Å². The Kier molecular flexibility index (Phi) is 3.03. The van der Waals surface area contributed by atoms with Crippen LogP contribution in [-0.4, -0.2) is 11.4 Å². The second kappa shape index (κ2) is 4.83. The molecule has 0 saturated heterocycles. The van der Waals surface area contributed by atoms with Gasteiger partial charge in [0.15, 0.2) is 0 Å². The lowest BCUT2D eigenvalue weighted by Crippen LogP contribution is -2.19. The van der Waals surface area contributed by atoms with Crippen molar-refractivity contribution >= 4 is 5.69 Å². The number of nitrogen functional groups attached to an aromatic ring is 1. The van der Waals surface area contributed by atoms with Gasteiger partial charge < -0.3 is 5.73 Å². The summed E-state index contributed by atoms with van der Waals surface area (Å²) in [7, 11) is 0. The lowest BCUT2D eigenvalue weighted by Gasteiger charge is -2.14. The first-order valence-corrected chi connectivity index (χ1v) is 6.45. The van der Waals surface area contributed by atoms with E-state index in [0.717, 1.165) is 31.7 Å². The third-order valence-electron chi connectivity index (χ3n) is 3.58. The van der Waals surface area contributed by atoms with Crippen molar-refractivity contribution in [2.24, 2.45) is 0 Å². The topological polar surface area (TPSA) is 29.3 Å². The van der Waals surface area contributed by atoms with Crippen LogP contribution in [0.2, 0.25) is 0 Å². The van der Waals surface area contributed by atoms with Gasteiger partial charge in [-0.3, -0.25) is 4.90 Å². The average Bonchev–Trinajstić information content (AvgIpc) is 2.79. The van der Waals surface area contributed by atoms with Gasteiger partial charge >= 0.3 is 0 Å². The number of hydrogen-bond acceptors (Lipinski definition) is 2. The molecule has 1 aliphatic rings. The van der Waals surface area contributed by atoms with E-state index in [4.69, 9.17) is 5.73 Å². The van der Waals surface area contributed by atoms with Crippen molar-refractivity contribution in [1.29, 1.82) is 0 Å². The van der Waals surface area contributed by atoms with Crippen molar-refractivity contribution in [1.82, 2.24) is 4.90 Å². The largest absolute Gasteiger partial charge is 0.399 e. The van der Waals surface area contributed by atoms with Gasteiger partial charge in [0.2, 0.25) is 0 Å². The summed E-state index contributed by atoms with van der Waals surface area (Å²) in [5.41, 5.74) is 10.9. The number of anilines is 1. The second-order valence-electron chi connectivity index (χ2n) is 4.97. The predicted molar refractivity (Wildman–Crippen MR) is 75.1 cm³/mol. The van der Waals surface area contributed by atoms with Crippen molar-refractivity contribution in [2.45, 2.75) is 19.5 Å². The molecule has 3 rings (SSSR count). The van der Waals surface area contributed by atoms with E-state index in [2.05, 4.69) is 47.4 Å². The zero-order valence-corrected chi connectivity index (χ0v) is 10.5. The summed E-state index contributed by atoms with van der Waals surface area (Å²) in [5, 5.41) is 0. The fourth-order valence-corrected chi connectivity index (χ4v) is 2.58. The fraction of sp³-hybridized carbons (Fsp3) is 0.250. The van der Waals surface area contributed by atoms with Gasteiger partial charge in [-0.15, -0.1) is 0 Å². The highest BCUT2D eigenvalue weighted by atomic mass is 15.1. The van der Waals surface area contributed by atoms with Crippen LogP contribution < -0.4 is 5.73 Å². The van der Waals surface area contributed by atoms with Crippen LogP contribution in [0.25, 0.3) is 0 Å². The summed E-state index contributed by atoms with van der Waals surface area (Å²) in [5.74, 6) is 0. The van der Waals surface area contributed by atoms with Crippen LogP contribution in [0.4, 0.5) is 5.69 Å². The summed E-state index contributed by atoms with van der Waals surface area (Å²) < 4.78 is 0. The van der Waals surface area contributed by atoms with Crippen LogP contribution >= 0.6 is 0 Å². The number of nitrogens with zero attached hydrogens (tertiary/aromatic N) is 1. The first-order chi connectivity index (χ1) is 8.81. The van der Waals surface area contributed by atoms with Gasteiger partial charge in [-0.1, -0.05) is 36.4 Å². The van der Waals surface area contributed by atoms with Crippen LogP contribution in [0.5, 0.6) is 0 Å². The monoisotopic (exact) mass is 238 g/mol. The van der Waals surface area contributed by atoms with Gasteiger partial charge in [-0.25, -0.2) is 0 Å². The Bertz CT molecular complexity index is 534. The molecule has 0 aromatic heterocycles. The van der Waals surface area contributed by atoms with E-state index in [1.54, 1.807) is 0 Å². The molecule has 2 aromatic carbocycles. The molecule has 0 bridgehead atoms. The normalized spacial score (nSPS) is 14.7. The molecule has 2 aromatic rings. The third kappa shape index (κ3) is 2.39. The summed E-state index contributed by atoms with van der Waals surface area (Å²) in [4.78, 5) is 2.48. The molecule has 0 spiro atoms. The molecule has 18 heavy (non-hydrogen) atoms. The Morgan fingerprint density at radius 2 is 1.72 bits per heavy atom. The molecule has 0 amide bonds. The molecule has 2 nitrogen and oxygen atoms in total. The molecule has 0 radical (unpaired) electrons. The van der Waals surface area contributed by atoms with E-state index in [-0.39, 0.29) is 0 Å². The second-order valence-corrected chi connectivity index (χ2v) is 4.97. The van der Waals surface area contributed by atoms with Gasteiger partial charge in [0, 0.05) is 25.3 Å². The summed E-state index contributed by atoms with van der Waals surface area (Å²) in [6.45, 7) is 3.20. The summed E-state index contributed by atoms with van der Waals surface area (Å²) in [6.07, 6.45) is 1.12. The highest BCUT2D eigenvalue weighted by Gasteiger charge is 2.18. The first-order valence-electron chi connectivity index (χ1n) is 6.45. The predicted octanol–water partition coefficient (Wildman–Crippen LogP) is 2.83. The highest BCUT2D eigenvalue weighted by Crippen LogP contribution is 2.24. The molecular formula is C16H18N2. The van der Waals surface area contributed by atoms with Crippen molar-refractivity contribution < 1.29 is 0 Å². The minimum Gasteiger partial charge on any atom is -0.399 e. The van der Waals surface area contributed by atoms with E-state index in [9.17, 15) is 0 Å². The van der Waals surface area contributed by atoms with Crippen LogP contribution in [0.3, 0.4) is 0 Å². The number of rotatable bonds is 3. The van der Waals surface area contributed by atoms with Crippen molar-refractivity contribution in [2.75, 3.05) is 12.3 Å². The number of hydrogen-bond donors (Lipinski definition) is 1. The lowest BCUT2D eigenvalue weighted by molar-refractivity contribution is 0.288. The van der Waals surface area contributed by atoms with Crippen molar-refractivity contribution in [3.05, 3.63) is 65.2 Å². The quantitative estimate of drug-likeness (QED) is 0.833. The maximum Gasteiger partial charge on any atom is 0.0317 e. The van der Waals surface area contributed by atoms with Crippen LogP contribution in [-0.2, 0) is 19.5 Å². The molecule has 0 aliphatic carbocycles. The fourth-order valence-electron chi connectivity index (χ4n) is 2.58. The number of nitrogens with two attached hydrogens (primary N) is 1. The molecule has 92 valence electrons. The molecule has 2 heteroatoms. The van der Waals surface area contributed by atoms with Crippen LogP contribution in [0, 0.1) is 0 Å². The number of benzene rings is 2. The Morgan fingerprint density at radius 3 is 2.56 bits per heavy atom. The average molecular weight is 238 g/mol. The first kappa shape index (κ1) is 11.3. The van der Waals surface area contributed by atoms with Gasteiger partial charge in [0.1, 0.15) is 0 Å². The minimum atomic E-state index is 0.874. The summed E-state index contributed by atoms with van der Waals surface area (Å²) in [6, 6.07) is 16.9. The molecule has 0 fully saturated rings.